The molecule has 1 aromatic carbocycles. The molecule has 0 aliphatic rings. The Morgan fingerprint density at radius 2 is 1.81 bits per heavy atom. The van der Waals surface area contributed by atoms with Crippen molar-refractivity contribution < 1.29 is 13.2 Å². The Morgan fingerprint density at radius 1 is 1.31 bits per heavy atom. The second-order valence-electron chi connectivity index (χ2n) is 3.46. The Hall–Kier alpha value is -0.260. The third kappa shape index (κ3) is 4.31. The van der Waals surface area contributed by atoms with Crippen LogP contribution in [0, 0.1) is 13.8 Å². The molecule has 0 heterocycles. The highest BCUT2D eigenvalue weighted by Gasteiger charge is 2.07. The van der Waals surface area contributed by atoms with E-state index in [2.05, 4.69) is 15.9 Å². The second kappa shape index (κ2) is 5.38. The van der Waals surface area contributed by atoms with Crippen LogP contribution in [-0.4, -0.2) is 20.8 Å². The molecular formula is C10H12BrClO3S. The van der Waals surface area contributed by atoms with E-state index >= 15 is 0 Å². The molecule has 0 N–H and O–H groups in total. The van der Waals surface area contributed by atoms with Crippen LogP contribution in [0.5, 0.6) is 5.75 Å². The molecule has 3 nitrogen and oxygen atoms in total. The van der Waals surface area contributed by atoms with Crippen molar-refractivity contribution in [3.8, 4) is 5.75 Å². The summed E-state index contributed by atoms with van der Waals surface area (Å²) < 4.78 is 27.7. The third-order valence-electron chi connectivity index (χ3n) is 2.01. The van der Waals surface area contributed by atoms with Gasteiger partial charge in [-0.15, -0.1) is 0 Å². The molecule has 16 heavy (non-hydrogen) atoms. The van der Waals surface area contributed by atoms with Crippen LogP contribution in [0.15, 0.2) is 16.6 Å². The lowest BCUT2D eigenvalue weighted by atomic mass is 10.1. The first kappa shape index (κ1) is 13.8. The summed E-state index contributed by atoms with van der Waals surface area (Å²) in [5, 5.41) is 0. The standard InChI is InChI=1S/C10H12BrClO3S/c1-7-5-9(6-8(2)10(7)11)15-3-4-16(12,13)14/h5-6H,3-4H2,1-2H3. The fourth-order valence-electron chi connectivity index (χ4n) is 1.25. The van der Waals surface area contributed by atoms with Gasteiger partial charge in [0.15, 0.2) is 0 Å². The Kier molecular flexibility index (Phi) is 4.64. The van der Waals surface area contributed by atoms with E-state index in [-0.39, 0.29) is 12.4 Å². The van der Waals surface area contributed by atoms with Crippen LogP contribution in [-0.2, 0) is 9.05 Å². The van der Waals surface area contributed by atoms with Crippen molar-refractivity contribution >= 4 is 35.7 Å². The number of rotatable bonds is 4. The summed E-state index contributed by atoms with van der Waals surface area (Å²) in [4.78, 5) is 0. The van der Waals surface area contributed by atoms with Gasteiger partial charge in [-0.2, -0.15) is 0 Å². The maximum absolute atomic E-state index is 10.7. The number of hydrogen-bond acceptors (Lipinski definition) is 3. The predicted octanol–water partition coefficient (Wildman–Crippen LogP) is 3.01. The van der Waals surface area contributed by atoms with E-state index in [9.17, 15) is 8.42 Å². The number of ether oxygens (including phenoxy) is 1. The molecule has 0 saturated heterocycles. The van der Waals surface area contributed by atoms with E-state index < -0.39 is 9.05 Å². The largest absolute Gasteiger partial charge is 0.492 e. The fraction of sp³-hybridized carbons (Fsp3) is 0.400. The highest BCUT2D eigenvalue weighted by Crippen LogP contribution is 2.26. The lowest BCUT2D eigenvalue weighted by Gasteiger charge is -2.09. The van der Waals surface area contributed by atoms with Gasteiger partial charge in [0.25, 0.3) is 0 Å². The van der Waals surface area contributed by atoms with Crippen molar-refractivity contribution in [2.45, 2.75) is 13.8 Å². The van der Waals surface area contributed by atoms with E-state index in [0.29, 0.717) is 5.75 Å². The van der Waals surface area contributed by atoms with Gasteiger partial charge in [-0.05, 0) is 37.1 Å². The van der Waals surface area contributed by atoms with E-state index in [1.165, 1.54) is 0 Å². The van der Waals surface area contributed by atoms with Gasteiger partial charge in [-0.3, -0.25) is 0 Å². The minimum Gasteiger partial charge on any atom is -0.492 e. The molecule has 0 radical (unpaired) electrons. The molecule has 0 aromatic heterocycles. The zero-order valence-corrected chi connectivity index (χ0v) is 12.1. The maximum atomic E-state index is 10.7. The minimum atomic E-state index is -3.48. The molecule has 1 rings (SSSR count). The zero-order chi connectivity index (χ0) is 12.3. The number of benzene rings is 1. The van der Waals surface area contributed by atoms with Crippen molar-refractivity contribution in [1.29, 1.82) is 0 Å². The van der Waals surface area contributed by atoms with Gasteiger partial charge in [0, 0.05) is 15.2 Å². The fourth-order valence-corrected chi connectivity index (χ4v) is 1.95. The molecule has 0 bridgehead atoms. The summed E-state index contributed by atoms with van der Waals surface area (Å²) in [6.07, 6.45) is 0. The average Bonchev–Trinajstić information content (AvgIpc) is 2.12. The number of halogens is 2. The van der Waals surface area contributed by atoms with E-state index in [1.54, 1.807) is 0 Å². The highest BCUT2D eigenvalue weighted by atomic mass is 79.9. The first-order chi connectivity index (χ1) is 7.29. The van der Waals surface area contributed by atoms with Crippen LogP contribution in [0.2, 0.25) is 0 Å². The van der Waals surface area contributed by atoms with Crippen molar-refractivity contribution in [2.24, 2.45) is 0 Å². The molecule has 0 fully saturated rings. The lowest BCUT2D eigenvalue weighted by molar-refractivity contribution is 0.341. The average molecular weight is 328 g/mol. The molecule has 0 atom stereocenters. The smallest absolute Gasteiger partial charge is 0.235 e. The molecule has 0 amide bonds. The summed E-state index contributed by atoms with van der Waals surface area (Å²) in [6, 6.07) is 3.69. The lowest BCUT2D eigenvalue weighted by Crippen LogP contribution is -2.08. The summed E-state index contributed by atoms with van der Waals surface area (Å²) >= 11 is 3.44. The van der Waals surface area contributed by atoms with Gasteiger partial charge in [0.2, 0.25) is 9.05 Å². The minimum absolute atomic E-state index is 0.0619. The van der Waals surface area contributed by atoms with Crippen molar-refractivity contribution in [3.63, 3.8) is 0 Å². The quantitative estimate of drug-likeness (QED) is 0.798. The van der Waals surface area contributed by atoms with E-state index in [1.807, 2.05) is 26.0 Å². The Balaban J connectivity index is 2.69. The summed E-state index contributed by atoms with van der Waals surface area (Å²) in [7, 11) is 1.59. The van der Waals surface area contributed by atoms with Gasteiger partial charge in [0.05, 0.1) is 5.75 Å². The Morgan fingerprint density at radius 3 is 2.25 bits per heavy atom. The van der Waals surface area contributed by atoms with Gasteiger partial charge >= 0.3 is 0 Å². The van der Waals surface area contributed by atoms with Gasteiger partial charge in [-0.1, -0.05) is 15.9 Å². The maximum Gasteiger partial charge on any atom is 0.235 e. The SMILES string of the molecule is Cc1cc(OCCS(=O)(=O)Cl)cc(C)c1Br. The van der Waals surface area contributed by atoms with Crippen LogP contribution >= 0.6 is 26.6 Å². The third-order valence-corrected chi connectivity index (χ3v) is 4.37. The molecular weight excluding hydrogens is 316 g/mol. The molecule has 0 unspecified atom stereocenters. The topological polar surface area (TPSA) is 43.4 Å². The number of aryl methyl sites for hydroxylation is 2. The molecule has 0 aliphatic carbocycles. The summed E-state index contributed by atoms with van der Waals surface area (Å²) in [5.74, 6) is 0.460. The molecule has 90 valence electrons. The van der Waals surface area contributed by atoms with Crippen LogP contribution < -0.4 is 4.74 Å². The first-order valence-corrected chi connectivity index (χ1v) is 7.88. The summed E-state index contributed by atoms with van der Waals surface area (Å²) in [6.45, 7) is 3.96. The van der Waals surface area contributed by atoms with Gasteiger partial charge in [0.1, 0.15) is 12.4 Å². The molecule has 0 spiro atoms. The first-order valence-electron chi connectivity index (χ1n) is 4.61. The van der Waals surface area contributed by atoms with Crippen LogP contribution in [0.1, 0.15) is 11.1 Å². The van der Waals surface area contributed by atoms with Crippen LogP contribution in [0.4, 0.5) is 0 Å². The molecule has 1 aromatic rings. The van der Waals surface area contributed by atoms with Crippen molar-refractivity contribution in [2.75, 3.05) is 12.4 Å². The molecule has 0 aliphatic heterocycles. The van der Waals surface area contributed by atoms with Crippen LogP contribution in [0.3, 0.4) is 0 Å². The Labute approximate surface area is 108 Å². The van der Waals surface area contributed by atoms with E-state index in [0.717, 1.165) is 15.6 Å². The second-order valence-corrected chi connectivity index (χ2v) is 7.15. The van der Waals surface area contributed by atoms with Crippen molar-refractivity contribution in [3.05, 3.63) is 27.7 Å². The molecule has 0 saturated carbocycles. The van der Waals surface area contributed by atoms with Crippen LogP contribution in [0.25, 0.3) is 0 Å². The normalized spacial score (nSPS) is 11.5. The molecule has 6 heteroatoms. The monoisotopic (exact) mass is 326 g/mol. The van der Waals surface area contributed by atoms with Gasteiger partial charge in [-0.25, -0.2) is 8.42 Å². The number of hydrogen-bond donors (Lipinski definition) is 0. The zero-order valence-electron chi connectivity index (χ0n) is 8.96. The van der Waals surface area contributed by atoms with Crippen molar-refractivity contribution in [1.82, 2.24) is 0 Å². The van der Waals surface area contributed by atoms with Gasteiger partial charge < -0.3 is 4.74 Å². The van der Waals surface area contributed by atoms with E-state index in [4.69, 9.17) is 15.4 Å². The predicted molar refractivity (Wildman–Crippen MR) is 68.8 cm³/mol. The Bertz CT molecular complexity index is 462. The summed E-state index contributed by atoms with van der Waals surface area (Å²) in [5.41, 5.74) is 2.09. The highest BCUT2D eigenvalue weighted by molar-refractivity contribution is 9.10.